The van der Waals surface area contributed by atoms with E-state index in [-0.39, 0.29) is 17.6 Å². The molecule has 1 saturated heterocycles. The monoisotopic (exact) mass is 312 g/mol. The van der Waals surface area contributed by atoms with E-state index in [0.717, 1.165) is 0 Å². The molecule has 116 valence electrons. The molecule has 1 aromatic carbocycles. The number of carbonyl (C=O) groups is 1. The van der Waals surface area contributed by atoms with Crippen molar-refractivity contribution in [1.29, 1.82) is 0 Å². The zero-order chi connectivity index (χ0) is 15.6. The molecule has 0 radical (unpaired) electrons. The minimum Gasteiger partial charge on any atom is -0.495 e. The third-order valence-electron chi connectivity index (χ3n) is 3.35. The number of hydrogen-bond donors (Lipinski definition) is 1. The molecule has 2 rings (SSSR count). The lowest BCUT2D eigenvalue weighted by Crippen LogP contribution is -2.25. The van der Waals surface area contributed by atoms with Crippen LogP contribution >= 0.6 is 0 Å². The largest absolute Gasteiger partial charge is 0.495 e. The number of sulfonamides is 1. The number of rotatable bonds is 4. The first-order valence-electron chi connectivity index (χ1n) is 6.84. The van der Waals surface area contributed by atoms with Crippen LogP contribution in [-0.4, -0.2) is 33.7 Å². The molecule has 21 heavy (non-hydrogen) atoms. The molecule has 1 N–H and O–H groups in total. The maximum absolute atomic E-state index is 12.0. The number of benzene rings is 1. The Kier molecular flexibility index (Phi) is 4.41. The number of amides is 1. The van der Waals surface area contributed by atoms with E-state index in [2.05, 4.69) is 5.32 Å². The van der Waals surface area contributed by atoms with Crippen molar-refractivity contribution in [3.05, 3.63) is 18.2 Å². The zero-order valence-corrected chi connectivity index (χ0v) is 13.2. The first kappa shape index (κ1) is 15.6. The van der Waals surface area contributed by atoms with Crippen LogP contribution in [-0.2, 0) is 14.8 Å². The topological polar surface area (TPSA) is 75.7 Å². The van der Waals surface area contributed by atoms with Gasteiger partial charge in [0.2, 0.25) is 15.9 Å². The molecule has 1 aromatic rings. The summed E-state index contributed by atoms with van der Waals surface area (Å²) in [6.07, 6.45) is 0.613. The molecule has 1 amide bonds. The van der Waals surface area contributed by atoms with Crippen molar-refractivity contribution in [2.24, 2.45) is 5.92 Å². The Balaban J connectivity index is 2.36. The Bertz CT molecular complexity index is 640. The van der Waals surface area contributed by atoms with Crippen molar-refractivity contribution in [1.82, 2.24) is 0 Å². The van der Waals surface area contributed by atoms with E-state index in [4.69, 9.17) is 4.74 Å². The lowest BCUT2D eigenvalue weighted by atomic mass is 10.2. The number of hydrogen-bond acceptors (Lipinski definition) is 4. The van der Waals surface area contributed by atoms with Gasteiger partial charge in [-0.3, -0.25) is 9.10 Å². The summed E-state index contributed by atoms with van der Waals surface area (Å²) in [5.74, 6) is 0.347. The summed E-state index contributed by atoms with van der Waals surface area (Å²) in [4.78, 5) is 11.8. The zero-order valence-electron chi connectivity index (χ0n) is 12.4. The van der Waals surface area contributed by atoms with E-state index in [0.29, 0.717) is 30.1 Å². The van der Waals surface area contributed by atoms with Crippen molar-refractivity contribution in [2.45, 2.75) is 20.3 Å². The van der Waals surface area contributed by atoms with E-state index in [9.17, 15) is 13.2 Å². The van der Waals surface area contributed by atoms with Crippen molar-refractivity contribution in [3.8, 4) is 5.75 Å². The highest BCUT2D eigenvalue weighted by molar-refractivity contribution is 7.93. The molecule has 1 aliphatic heterocycles. The van der Waals surface area contributed by atoms with Crippen LogP contribution in [0.1, 0.15) is 20.3 Å². The number of carbonyl (C=O) groups excluding carboxylic acids is 1. The number of anilines is 2. The van der Waals surface area contributed by atoms with Gasteiger partial charge in [-0.1, -0.05) is 13.8 Å². The van der Waals surface area contributed by atoms with Gasteiger partial charge in [-0.25, -0.2) is 8.42 Å². The van der Waals surface area contributed by atoms with Gasteiger partial charge >= 0.3 is 0 Å². The molecule has 0 spiro atoms. The van der Waals surface area contributed by atoms with Crippen LogP contribution in [0.3, 0.4) is 0 Å². The van der Waals surface area contributed by atoms with Crippen molar-refractivity contribution >= 4 is 27.3 Å². The number of nitrogens with zero attached hydrogens (tertiary/aromatic N) is 1. The molecule has 0 unspecified atom stereocenters. The molecule has 0 bridgehead atoms. The Morgan fingerprint density at radius 3 is 2.62 bits per heavy atom. The number of nitrogens with one attached hydrogen (secondary N) is 1. The van der Waals surface area contributed by atoms with Crippen LogP contribution in [0.4, 0.5) is 11.4 Å². The molecule has 1 fully saturated rings. The van der Waals surface area contributed by atoms with Crippen molar-refractivity contribution < 1.29 is 17.9 Å². The molecule has 7 heteroatoms. The molecule has 1 aliphatic rings. The fourth-order valence-corrected chi connectivity index (χ4v) is 3.71. The van der Waals surface area contributed by atoms with Crippen LogP contribution in [0, 0.1) is 5.92 Å². The third-order valence-corrected chi connectivity index (χ3v) is 5.22. The molecule has 0 atom stereocenters. The Morgan fingerprint density at radius 2 is 2.10 bits per heavy atom. The van der Waals surface area contributed by atoms with Gasteiger partial charge in [-0.2, -0.15) is 0 Å². The van der Waals surface area contributed by atoms with Gasteiger partial charge in [0.1, 0.15) is 5.75 Å². The average molecular weight is 312 g/mol. The predicted octanol–water partition coefficient (Wildman–Crippen LogP) is 1.83. The lowest BCUT2D eigenvalue weighted by Gasteiger charge is -2.19. The standard InChI is InChI=1S/C14H20N2O4S/c1-10(2)14(17)15-12-9-11(5-6-13(12)20-3)16-7-4-8-21(16,18)19/h5-6,9-10H,4,7-8H2,1-3H3,(H,15,17). The summed E-state index contributed by atoms with van der Waals surface area (Å²) in [5, 5.41) is 2.77. The van der Waals surface area contributed by atoms with Gasteiger partial charge in [-0.05, 0) is 24.6 Å². The van der Waals surface area contributed by atoms with Gasteiger partial charge in [0.15, 0.2) is 0 Å². The fourth-order valence-electron chi connectivity index (χ4n) is 2.16. The quantitative estimate of drug-likeness (QED) is 0.920. The van der Waals surface area contributed by atoms with Gasteiger partial charge < -0.3 is 10.1 Å². The Hall–Kier alpha value is -1.76. The van der Waals surface area contributed by atoms with Crippen LogP contribution in [0.15, 0.2) is 18.2 Å². The average Bonchev–Trinajstić information content (AvgIpc) is 2.78. The maximum Gasteiger partial charge on any atom is 0.235 e. The summed E-state index contributed by atoms with van der Waals surface area (Å²) in [6.45, 7) is 4.04. The van der Waals surface area contributed by atoms with Crippen LogP contribution in [0.5, 0.6) is 5.75 Å². The first-order valence-corrected chi connectivity index (χ1v) is 8.45. The van der Waals surface area contributed by atoms with Crippen molar-refractivity contribution in [2.75, 3.05) is 29.0 Å². The molecule has 6 nitrogen and oxygen atoms in total. The van der Waals surface area contributed by atoms with Gasteiger partial charge in [0.05, 0.1) is 24.2 Å². The SMILES string of the molecule is COc1ccc(N2CCCS2(=O)=O)cc1NC(=O)C(C)C. The number of ether oxygens (including phenoxy) is 1. The Labute approximate surface area is 125 Å². The van der Waals surface area contributed by atoms with Crippen molar-refractivity contribution in [3.63, 3.8) is 0 Å². The molecular formula is C14H20N2O4S. The summed E-state index contributed by atoms with van der Waals surface area (Å²) in [6, 6.07) is 4.99. The summed E-state index contributed by atoms with van der Waals surface area (Å²) < 4.78 is 30.5. The smallest absolute Gasteiger partial charge is 0.235 e. The van der Waals surface area contributed by atoms with Gasteiger partial charge in [0, 0.05) is 12.5 Å². The van der Waals surface area contributed by atoms with E-state index < -0.39 is 10.0 Å². The highest BCUT2D eigenvalue weighted by Crippen LogP contribution is 2.32. The molecular weight excluding hydrogens is 292 g/mol. The van der Waals surface area contributed by atoms with Crippen LogP contribution < -0.4 is 14.4 Å². The van der Waals surface area contributed by atoms with E-state index in [1.807, 2.05) is 0 Å². The highest BCUT2D eigenvalue weighted by atomic mass is 32.2. The predicted molar refractivity (Wildman–Crippen MR) is 82.2 cm³/mol. The van der Waals surface area contributed by atoms with E-state index in [1.54, 1.807) is 32.0 Å². The third kappa shape index (κ3) is 3.29. The second-order valence-corrected chi connectivity index (χ2v) is 7.28. The molecule has 1 heterocycles. The Morgan fingerprint density at radius 1 is 1.38 bits per heavy atom. The lowest BCUT2D eigenvalue weighted by molar-refractivity contribution is -0.118. The molecule has 0 saturated carbocycles. The second kappa shape index (κ2) is 5.93. The fraction of sp³-hybridized carbons (Fsp3) is 0.500. The summed E-state index contributed by atoms with van der Waals surface area (Å²) in [5.41, 5.74) is 1.03. The van der Waals surface area contributed by atoms with Gasteiger partial charge in [-0.15, -0.1) is 0 Å². The van der Waals surface area contributed by atoms with Crippen LogP contribution in [0.25, 0.3) is 0 Å². The molecule has 0 aliphatic carbocycles. The molecule has 0 aromatic heterocycles. The number of methoxy groups -OCH3 is 1. The first-order chi connectivity index (χ1) is 9.85. The van der Waals surface area contributed by atoms with Gasteiger partial charge in [0.25, 0.3) is 0 Å². The van der Waals surface area contributed by atoms with E-state index >= 15 is 0 Å². The summed E-state index contributed by atoms with van der Waals surface area (Å²) in [7, 11) is -1.73. The summed E-state index contributed by atoms with van der Waals surface area (Å²) >= 11 is 0. The maximum atomic E-state index is 12.0. The minimum absolute atomic E-state index is 0.144. The minimum atomic E-state index is -3.24. The van der Waals surface area contributed by atoms with E-state index in [1.165, 1.54) is 11.4 Å². The normalized spacial score (nSPS) is 17.0. The highest BCUT2D eigenvalue weighted by Gasteiger charge is 2.29. The second-order valence-electron chi connectivity index (χ2n) is 5.27. The van der Waals surface area contributed by atoms with Crippen LogP contribution in [0.2, 0.25) is 0 Å².